The third-order valence-electron chi connectivity index (χ3n) is 8.07. The molecular weight excluding hydrogens is 352 g/mol. The van der Waals surface area contributed by atoms with Crippen molar-refractivity contribution in [3.63, 3.8) is 0 Å². The van der Waals surface area contributed by atoms with E-state index in [-0.39, 0.29) is 17.4 Å². The zero-order valence-corrected chi connectivity index (χ0v) is 16.2. The quantitative estimate of drug-likeness (QED) is 0.754. The molecule has 2 unspecified atom stereocenters. The van der Waals surface area contributed by atoms with Crippen molar-refractivity contribution in [2.24, 2.45) is 16.3 Å². The highest BCUT2D eigenvalue weighted by atomic mass is 16.6. The van der Waals surface area contributed by atoms with Gasteiger partial charge in [0.15, 0.2) is 5.60 Å². The largest absolute Gasteiger partial charge is 0.432 e. The van der Waals surface area contributed by atoms with E-state index in [0.717, 1.165) is 42.8 Å². The SMILES string of the molecule is CC1(C)C2=Nc3ccccc3[C@]23C[C@@]2(NC(=O)O3)C1CC1CCCN1[C@H]2C#N. The van der Waals surface area contributed by atoms with Crippen molar-refractivity contribution in [1.29, 1.82) is 5.26 Å². The van der Waals surface area contributed by atoms with Gasteiger partial charge in [-0.2, -0.15) is 5.26 Å². The Morgan fingerprint density at radius 1 is 1.36 bits per heavy atom. The summed E-state index contributed by atoms with van der Waals surface area (Å²) in [6.07, 6.45) is 3.39. The van der Waals surface area contributed by atoms with Crippen LogP contribution < -0.4 is 5.32 Å². The van der Waals surface area contributed by atoms with Gasteiger partial charge in [-0.05, 0) is 37.8 Å². The summed E-state index contributed by atoms with van der Waals surface area (Å²) in [6, 6.07) is 10.7. The van der Waals surface area contributed by atoms with E-state index in [1.807, 2.05) is 24.3 Å². The Morgan fingerprint density at radius 2 is 2.18 bits per heavy atom. The van der Waals surface area contributed by atoms with Crippen molar-refractivity contribution in [2.45, 2.75) is 62.8 Å². The molecule has 3 saturated heterocycles. The molecule has 144 valence electrons. The molecule has 1 aromatic carbocycles. The number of hydrogen-bond donors (Lipinski definition) is 1. The zero-order valence-electron chi connectivity index (χ0n) is 16.2. The van der Waals surface area contributed by atoms with E-state index >= 15 is 0 Å². The Balaban J connectivity index is 1.62. The number of nitriles is 1. The predicted molar refractivity (Wildman–Crippen MR) is 103 cm³/mol. The van der Waals surface area contributed by atoms with Crippen LogP contribution in [-0.4, -0.2) is 40.9 Å². The minimum atomic E-state index is -0.861. The summed E-state index contributed by atoms with van der Waals surface area (Å²) in [5.74, 6) is 0.151. The summed E-state index contributed by atoms with van der Waals surface area (Å²) < 4.78 is 6.07. The van der Waals surface area contributed by atoms with Crippen LogP contribution in [0.1, 0.15) is 45.1 Å². The third-order valence-corrected chi connectivity index (χ3v) is 8.07. The van der Waals surface area contributed by atoms with Crippen molar-refractivity contribution in [2.75, 3.05) is 6.54 Å². The first-order chi connectivity index (χ1) is 13.4. The number of amides is 1. The average Bonchev–Trinajstić information content (AvgIpc) is 3.23. The first-order valence-corrected chi connectivity index (χ1v) is 10.3. The van der Waals surface area contributed by atoms with Gasteiger partial charge in [0, 0.05) is 23.4 Å². The molecule has 1 amide bonds. The molecule has 1 aliphatic carbocycles. The number of nitrogens with one attached hydrogen (secondary N) is 1. The number of ether oxygens (including phenoxy) is 1. The van der Waals surface area contributed by atoms with E-state index < -0.39 is 17.2 Å². The van der Waals surface area contributed by atoms with E-state index in [1.165, 1.54) is 0 Å². The topological polar surface area (TPSA) is 77.7 Å². The number of rotatable bonds is 0. The lowest BCUT2D eigenvalue weighted by Gasteiger charge is -2.65. The van der Waals surface area contributed by atoms with Crippen LogP contribution in [0, 0.1) is 22.7 Å². The summed E-state index contributed by atoms with van der Waals surface area (Å²) in [7, 11) is 0. The van der Waals surface area contributed by atoms with Crippen molar-refractivity contribution in [3.8, 4) is 6.07 Å². The first-order valence-electron chi connectivity index (χ1n) is 10.3. The number of para-hydroxylation sites is 1. The number of benzene rings is 1. The highest BCUT2D eigenvalue weighted by molar-refractivity contribution is 6.07. The lowest BCUT2D eigenvalue weighted by Crippen LogP contribution is -2.80. The molecule has 0 radical (unpaired) electrons. The molecule has 6 heteroatoms. The molecule has 6 rings (SSSR count). The first kappa shape index (κ1) is 16.6. The highest BCUT2D eigenvalue weighted by Crippen LogP contribution is 2.64. The normalized spacial score (nSPS) is 42.1. The minimum Gasteiger partial charge on any atom is -0.432 e. The number of carbonyl (C=O) groups is 1. The van der Waals surface area contributed by atoms with Gasteiger partial charge in [-0.25, -0.2) is 4.79 Å². The summed E-state index contributed by atoms with van der Waals surface area (Å²) in [4.78, 5) is 20.3. The van der Waals surface area contributed by atoms with Gasteiger partial charge in [0.05, 0.1) is 23.0 Å². The van der Waals surface area contributed by atoms with Crippen molar-refractivity contribution in [1.82, 2.24) is 10.2 Å². The molecule has 6 nitrogen and oxygen atoms in total. The molecule has 5 atom stereocenters. The number of nitrogens with zero attached hydrogens (tertiary/aromatic N) is 3. The average molecular weight is 376 g/mol. The monoisotopic (exact) mass is 376 g/mol. The lowest BCUT2D eigenvalue weighted by molar-refractivity contribution is -0.115. The molecule has 2 spiro atoms. The second-order valence-corrected chi connectivity index (χ2v) is 9.61. The van der Waals surface area contributed by atoms with Crippen LogP contribution in [0.2, 0.25) is 0 Å². The summed E-state index contributed by atoms with van der Waals surface area (Å²) >= 11 is 0. The molecular formula is C22H24N4O2. The van der Waals surface area contributed by atoms with E-state index in [0.29, 0.717) is 12.5 Å². The summed E-state index contributed by atoms with van der Waals surface area (Å²) in [6.45, 7) is 5.38. The maximum Gasteiger partial charge on any atom is 0.408 e. The van der Waals surface area contributed by atoms with Gasteiger partial charge >= 0.3 is 6.09 Å². The van der Waals surface area contributed by atoms with Crippen molar-refractivity contribution in [3.05, 3.63) is 29.8 Å². The molecule has 1 N–H and O–H groups in total. The van der Waals surface area contributed by atoms with Crippen LogP contribution in [0.3, 0.4) is 0 Å². The Labute approximate surface area is 164 Å². The van der Waals surface area contributed by atoms with E-state index in [1.54, 1.807) is 0 Å². The fourth-order valence-corrected chi connectivity index (χ4v) is 7.15. The second kappa shape index (κ2) is 4.96. The van der Waals surface area contributed by atoms with E-state index in [9.17, 15) is 10.1 Å². The number of carbonyl (C=O) groups excluding carboxylic acids is 1. The number of aliphatic imine (C=N–C) groups is 1. The fraction of sp³-hybridized carbons (Fsp3) is 0.591. The van der Waals surface area contributed by atoms with Gasteiger partial charge in [-0.3, -0.25) is 9.89 Å². The predicted octanol–water partition coefficient (Wildman–Crippen LogP) is 3.25. The molecule has 1 aromatic rings. The minimum absolute atomic E-state index is 0.151. The summed E-state index contributed by atoms with van der Waals surface area (Å²) in [5.41, 5.74) is 1.05. The van der Waals surface area contributed by atoms with E-state index in [4.69, 9.17) is 9.73 Å². The molecule has 5 aliphatic rings. The molecule has 1 saturated carbocycles. The Morgan fingerprint density at radius 3 is 3.00 bits per heavy atom. The number of fused-ring (bicyclic) bond motifs is 2. The van der Waals surface area contributed by atoms with Gasteiger partial charge in [0.1, 0.15) is 6.04 Å². The molecule has 0 aromatic heterocycles. The molecule has 28 heavy (non-hydrogen) atoms. The van der Waals surface area contributed by atoms with Gasteiger partial charge in [0.25, 0.3) is 0 Å². The van der Waals surface area contributed by atoms with Crippen molar-refractivity contribution >= 4 is 17.5 Å². The number of alkyl carbamates (subject to hydrolysis) is 1. The van der Waals surface area contributed by atoms with Crippen LogP contribution in [0.5, 0.6) is 0 Å². The molecule has 4 aliphatic heterocycles. The van der Waals surface area contributed by atoms with Crippen molar-refractivity contribution < 1.29 is 9.53 Å². The van der Waals surface area contributed by atoms with Crippen LogP contribution in [0.15, 0.2) is 29.3 Å². The smallest absolute Gasteiger partial charge is 0.408 e. The van der Waals surface area contributed by atoms with Crippen LogP contribution in [-0.2, 0) is 10.3 Å². The standard InChI is InChI=1S/C22H24N4O2/c1-20(2)16-10-13-6-5-9-26(13)17(11-23)21(16)12-22(28-19(27)25-21)14-7-3-4-8-15(14)24-18(20)22/h3-4,7-8,13,16-17H,5-6,9-10,12H2,1-2H3,(H,25,27)/t13?,16?,17-,21+,22+/m0/s1. The molecule has 4 heterocycles. The zero-order chi connectivity index (χ0) is 19.3. The number of piperidine rings is 1. The second-order valence-electron chi connectivity index (χ2n) is 9.61. The lowest BCUT2D eigenvalue weighted by atomic mass is 9.48. The Hall–Kier alpha value is -2.39. The maximum absolute atomic E-state index is 12.9. The highest BCUT2D eigenvalue weighted by Gasteiger charge is 2.73. The van der Waals surface area contributed by atoms with E-state index in [2.05, 4.69) is 30.1 Å². The van der Waals surface area contributed by atoms with Crippen LogP contribution in [0.25, 0.3) is 0 Å². The number of hydrogen-bond acceptors (Lipinski definition) is 5. The maximum atomic E-state index is 12.9. The third kappa shape index (κ3) is 1.69. The Bertz CT molecular complexity index is 979. The van der Waals surface area contributed by atoms with Gasteiger partial charge in [0.2, 0.25) is 0 Å². The molecule has 2 bridgehead atoms. The van der Waals surface area contributed by atoms with Gasteiger partial charge in [-0.1, -0.05) is 32.0 Å². The summed E-state index contributed by atoms with van der Waals surface area (Å²) in [5, 5.41) is 13.4. The van der Waals surface area contributed by atoms with Gasteiger partial charge in [-0.15, -0.1) is 0 Å². The fourth-order valence-electron chi connectivity index (χ4n) is 7.15. The molecule has 4 fully saturated rings. The Kier molecular flexibility index (Phi) is 2.93. The van der Waals surface area contributed by atoms with Crippen LogP contribution >= 0.6 is 0 Å². The van der Waals surface area contributed by atoms with Crippen LogP contribution in [0.4, 0.5) is 10.5 Å². The van der Waals surface area contributed by atoms with Gasteiger partial charge < -0.3 is 10.1 Å².